The number of rotatable bonds is 4. The van der Waals surface area contributed by atoms with Gasteiger partial charge in [0.05, 0.1) is 12.7 Å². The first-order chi connectivity index (χ1) is 13.1. The van der Waals surface area contributed by atoms with Crippen molar-refractivity contribution < 1.29 is 13.9 Å². The molecule has 1 amide bonds. The number of nitrogens with one attached hydrogen (secondary N) is 1. The fourth-order valence-corrected chi connectivity index (χ4v) is 3.77. The summed E-state index contributed by atoms with van der Waals surface area (Å²) < 4.78 is 19.4. The highest BCUT2D eigenvalue weighted by atomic mass is 19.1. The maximum Gasteiger partial charge on any atom is 0.223 e. The van der Waals surface area contributed by atoms with Gasteiger partial charge in [0, 0.05) is 36.1 Å². The van der Waals surface area contributed by atoms with Crippen molar-refractivity contribution in [3.63, 3.8) is 0 Å². The Hall–Kier alpha value is -2.66. The summed E-state index contributed by atoms with van der Waals surface area (Å²) in [5, 5.41) is 0.844. The quantitative estimate of drug-likeness (QED) is 0.754. The van der Waals surface area contributed by atoms with Crippen LogP contribution in [-0.4, -0.2) is 41.6 Å². The Morgan fingerprint density at radius 2 is 2.07 bits per heavy atom. The van der Waals surface area contributed by atoms with Gasteiger partial charge in [-0.15, -0.1) is 0 Å². The molecule has 2 aromatic carbocycles. The number of hydrogen-bond donors (Lipinski definition) is 1. The highest BCUT2D eigenvalue weighted by Gasteiger charge is 2.22. The molecule has 1 atom stereocenters. The molecule has 1 aromatic heterocycles. The average molecular weight is 366 g/mol. The molecular weight excluding hydrogens is 343 g/mol. The molecule has 1 N–H and O–H groups in total. The van der Waals surface area contributed by atoms with E-state index < -0.39 is 0 Å². The third kappa shape index (κ3) is 3.74. The van der Waals surface area contributed by atoms with Gasteiger partial charge in [0.25, 0.3) is 0 Å². The minimum absolute atomic E-state index is 0.0739. The molecule has 0 bridgehead atoms. The third-order valence-electron chi connectivity index (χ3n) is 5.11. The van der Waals surface area contributed by atoms with Crippen LogP contribution in [0.2, 0.25) is 0 Å². The van der Waals surface area contributed by atoms with Gasteiger partial charge in [0.2, 0.25) is 5.91 Å². The summed E-state index contributed by atoms with van der Waals surface area (Å²) >= 11 is 0. The van der Waals surface area contributed by atoms with Crippen LogP contribution in [0.25, 0.3) is 22.2 Å². The molecule has 0 radical (unpaired) electrons. The van der Waals surface area contributed by atoms with E-state index in [0.29, 0.717) is 32.5 Å². The van der Waals surface area contributed by atoms with Gasteiger partial charge >= 0.3 is 0 Å². The topological polar surface area (TPSA) is 45.3 Å². The molecule has 0 saturated carbocycles. The molecule has 1 aliphatic rings. The molecule has 140 valence electrons. The van der Waals surface area contributed by atoms with E-state index in [-0.39, 0.29) is 17.8 Å². The molecule has 1 fully saturated rings. The summed E-state index contributed by atoms with van der Waals surface area (Å²) in [4.78, 5) is 17.9. The molecule has 27 heavy (non-hydrogen) atoms. The number of morpholine rings is 1. The standard InChI is InChI=1S/C22H23FN2O2/c1-15-14-25(11-12-27-15)21(26)10-8-18-19-13-17(23)7-9-20(19)24-22(18)16-5-3-2-4-6-16/h2-7,9,13,15,24H,8,10-12,14H2,1H3/t15-/m1/s1. The number of hydrogen-bond acceptors (Lipinski definition) is 2. The lowest BCUT2D eigenvalue weighted by molar-refractivity contribution is -0.138. The first kappa shape index (κ1) is 17.7. The number of amides is 1. The Kier molecular flexibility index (Phi) is 4.94. The van der Waals surface area contributed by atoms with Crippen molar-refractivity contribution in [3.05, 3.63) is 59.9 Å². The van der Waals surface area contributed by atoms with Gasteiger partial charge in [-0.25, -0.2) is 4.39 Å². The van der Waals surface area contributed by atoms with Crippen molar-refractivity contribution in [2.24, 2.45) is 0 Å². The van der Waals surface area contributed by atoms with Gasteiger partial charge in [-0.05, 0) is 42.7 Å². The molecule has 1 aliphatic heterocycles. The zero-order valence-corrected chi connectivity index (χ0v) is 15.4. The Bertz CT molecular complexity index is 952. The molecular formula is C22H23FN2O2. The highest BCUT2D eigenvalue weighted by molar-refractivity contribution is 5.91. The predicted octanol–water partition coefficient (Wildman–Crippen LogP) is 4.15. The lowest BCUT2D eigenvalue weighted by Gasteiger charge is -2.31. The summed E-state index contributed by atoms with van der Waals surface area (Å²) in [6, 6.07) is 14.7. The molecule has 4 nitrogen and oxygen atoms in total. The predicted molar refractivity (Wildman–Crippen MR) is 104 cm³/mol. The van der Waals surface area contributed by atoms with Crippen molar-refractivity contribution in [1.82, 2.24) is 9.88 Å². The van der Waals surface area contributed by atoms with E-state index in [1.165, 1.54) is 6.07 Å². The fourth-order valence-electron chi connectivity index (χ4n) is 3.77. The van der Waals surface area contributed by atoms with Gasteiger partial charge in [-0.3, -0.25) is 4.79 Å². The van der Waals surface area contributed by atoms with Crippen LogP contribution < -0.4 is 0 Å². The van der Waals surface area contributed by atoms with Gasteiger partial charge in [-0.2, -0.15) is 0 Å². The second kappa shape index (κ2) is 7.53. The Morgan fingerprint density at radius 1 is 1.26 bits per heavy atom. The number of carbonyl (C=O) groups excluding carboxylic acids is 1. The third-order valence-corrected chi connectivity index (χ3v) is 5.11. The zero-order chi connectivity index (χ0) is 18.8. The van der Waals surface area contributed by atoms with Crippen LogP contribution in [-0.2, 0) is 16.0 Å². The van der Waals surface area contributed by atoms with Gasteiger partial charge in [0.1, 0.15) is 5.82 Å². The van der Waals surface area contributed by atoms with E-state index in [0.717, 1.165) is 27.7 Å². The van der Waals surface area contributed by atoms with E-state index >= 15 is 0 Å². The summed E-state index contributed by atoms with van der Waals surface area (Å²) in [6.45, 7) is 3.83. The van der Waals surface area contributed by atoms with E-state index in [9.17, 15) is 9.18 Å². The fraction of sp³-hybridized carbons (Fsp3) is 0.318. The smallest absolute Gasteiger partial charge is 0.223 e. The number of carbonyl (C=O) groups is 1. The number of nitrogens with zero attached hydrogens (tertiary/aromatic N) is 1. The molecule has 4 rings (SSSR count). The summed E-state index contributed by atoms with van der Waals surface area (Å²) in [5.74, 6) is -0.148. The Balaban J connectivity index is 1.63. The monoisotopic (exact) mass is 366 g/mol. The normalized spacial score (nSPS) is 17.4. The maximum atomic E-state index is 13.9. The number of halogens is 1. The summed E-state index contributed by atoms with van der Waals surface area (Å²) in [7, 11) is 0. The van der Waals surface area contributed by atoms with E-state index in [2.05, 4.69) is 4.98 Å². The minimum atomic E-state index is -0.268. The number of fused-ring (bicyclic) bond motifs is 1. The second-order valence-corrected chi connectivity index (χ2v) is 7.06. The van der Waals surface area contributed by atoms with Crippen molar-refractivity contribution in [1.29, 1.82) is 0 Å². The van der Waals surface area contributed by atoms with Crippen LogP contribution in [0.3, 0.4) is 0 Å². The summed E-state index contributed by atoms with van der Waals surface area (Å²) in [5.41, 5.74) is 3.87. The van der Waals surface area contributed by atoms with Crippen LogP contribution in [0.1, 0.15) is 18.9 Å². The molecule has 5 heteroatoms. The molecule has 0 aliphatic carbocycles. The van der Waals surface area contributed by atoms with Crippen molar-refractivity contribution >= 4 is 16.8 Å². The minimum Gasteiger partial charge on any atom is -0.375 e. The first-order valence-corrected chi connectivity index (χ1v) is 9.36. The SMILES string of the molecule is C[C@@H]1CN(C(=O)CCc2c(-c3ccccc3)[nH]c3ccc(F)cc23)CCO1. The van der Waals surface area contributed by atoms with Crippen LogP contribution in [0.15, 0.2) is 48.5 Å². The Labute approximate surface area is 157 Å². The van der Waals surface area contributed by atoms with Crippen LogP contribution in [0, 0.1) is 5.82 Å². The molecule has 0 spiro atoms. The molecule has 1 saturated heterocycles. The van der Waals surface area contributed by atoms with Crippen LogP contribution in [0.4, 0.5) is 4.39 Å². The Morgan fingerprint density at radius 3 is 2.85 bits per heavy atom. The van der Waals surface area contributed by atoms with Gasteiger partial charge in [-0.1, -0.05) is 30.3 Å². The van der Waals surface area contributed by atoms with Crippen LogP contribution >= 0.6 is 0 Å². The molecule has 2 heterocycles. The summed E-state index contributed by atoms with van der Waals surface area (Å²) in [6.07, 6.45) is 1.04. The zero-order valence-electron chi connectivity index (χ0n) is 15.4. The van der Waals surface area contributed by atoms with Crippen molar-refractivity contribution in [2.45, 2.75) is 25.9 Å². The van der Waals surface area contributed by atoms with E-state index in [1.54, 1.807) is 12.1 Å². The molecule has 0 unspecified atom stereocenters. The number of aromatic amines is 1. The largest absolute Gasteiger partial charge is 0.375 e. The second-order valence-electron chi connectivity index (χ2n) is 7.06. The number of H-pyrrole nitrogens is 1. The number of benzene rings is 2. The van der Waals surface area contributed by atoms with E-state index in [4.69, 9.17) is 4.74 Å². The molecule has 3 aromatic rings. The van der Waals surface area contributed by atoms with Gasteiger partial charge < -0.3 is 14.6 Å². The van der Waals surface area contributed by atoms with E-state index in [1.807, 2.05) is 42.2 Å². The number of aryl methyl sites for hydroxylation is 1. The lowest BCUT2D eigenvalue weighted by Crippen LogP contribution is -2.44. The number of aromatic nitrogens is 1. The average Bonchev–Trinajstić information content (AvgIpc) is 3.04. The first-order valence-electron chi connectivity index (χ1n) is 9.36. The maximum absolute atomic E-state index is 13.9. The number of ether oxygens (including phenoxy) is 1. The van der Waals surface area contributed by atoms with Crippen molar-refractivity contribution in [2.75, 3.05) is 19.7 Å². The van der Waals surface area contributed by atoms with Gasteiger partial charge in [0.15, 0.2) is 0 Å². The van der Waals surface area contributed by atoms with Crippen molar-refractivity contribution in [3.8, 4) is 11.3 Å². The highest BCUT2D eigenvalue weighted by Crippen LogP contribution is 2.32. The van der Waals surface area contributed by atoms with Crippen LogP contribution in [0.5, 0.6) is 0 Å². The lowest BCUT2D eigenvalue weighted by atomic mass is 10.0.